The standard InChI is InChI=1S/C22H28N2O4S/c1-6-29(26,27)24-19-13-12-18(15-20(19)28-5)23-21(25)14-9-16-7-10-17(11-8-16)22(2,3)4/h7-15,24H,6H2,1-5H3,(H,23,25)/b14-9+. The van der Waals surface area contributed by atoms with Crippen LogP contribution in [0.2, 0.25) is 0 Å². The number of carbonyl (C=O) groups excluding carboxylic acids is 1. The van der Waals surface area contributed by atoms with Crippen molar-refractivity contribution < 1.29 is 17.9 Å². The molecule has 0 aliphatic heterocycles. The van der Waals surface area contributed by atoms with Crippen molar-refractivity contribution in [1.29, 1.82) is 0 Å². The lowest BCUT2D eigenvalue weighted by Crippen LogP contribution is -2.15. The molecule has 0 aliphatic rings. The highest BCUT2D eigenvalue weighted by Gasteiger charge is 2.13. The van der Waals surface area contributed by atoms with Gasteiger partial charge in [0.1, 0.15) is 5.75 Å². The number of sulfonamides is 1. The molecule has 0 radical (unpaired) electrons. The second-order valence-corrected chi connectivity index (χ2v) is 9.63. The van der Waals surface area contributed by atoms with Gasteiger partial charge in [0.25, 0.3) is 0 Å². The number of hydrogen-bond donors (Lipinski definition) is 2. The van der Waals surface area contributed by atoms with Crippen molar-refractivity contribution in [3.8, 4) is 5.75 Å². The lowest BCUT2D eigenvalue weighted by atomic mass is 9.87. The summed E-state index contributed by atoms with van der Waals surface area (Å²) in [6, 6.07) is 12.8. The van der Waals surface area contributed by atoms with Crippen LogP contribution in [0.25, 0.3) is 6.08 Å². The molecule has 0 unspecified atom stereocenters. The summed E-state index contributed by atoms with van der Waals surface area (Å²) in [5.41, 5.74) is 3.05. The molecule has 0 saturated heterocycles. The van der Waals surface area contributed by atoms with Crippen LogP contribution in [0.3, 0.4) is 0 Å². The fourth-order valence-corrected chi connectivity index (χ4v) is 3.19. The van der Waals surface area contributed by atoms with E-state index in [4.69, 9.17) is 4.74 Å². The molecule has 0 saturated carbocycles. The van der Waals surface area contributed by atoms with Gasteiger partial charge in [0, 0.05) is 17.8 Å². The second kappa shape index (κ2) is 9.13. The molecule has 0 aliphatic carbocycles. The number of nitrogens with one attached hydrogen (secondary N) is 2. The Morgan fingerprint density at radius 3 is 2.31 bits per heavy atom. The zero-order valence-electron chi connectivity index (χ0n) is 17.4. The van der Waals surface area contributed by atoms with Crippen molar-refractivity contribution in [2.45, 2.75) is 33.1 Å². The number of anilines is 2. The highest BCUT2D eigenvalue weighted by Crippen LogP contribution is 2.29. The minimum absolute atomic E-state index is 0.0455. The maximum atomic E-state index is 12.2. The second-order valence-electron chi connectivity index (χ2n) is 7.62. The van der Waals surface area contributed by atoms with Gasteiger partial charge in [-0.2, -0.15) is 0 Å². The fraction of sp³-hybridized carbons (Fsp3) is 0.318. The van der Waals surface area contributed by atoms with Gasteiger partial charge in [0.2, 0.25) is 15.9 Å². The number of ether oxygens (including phenoxy) is 1. The van der Waals surface area contributed by atoms with Crippen molar-refractivity contribution in [3.63, 3.8) is 0 Å². The first-order valence-corrected chi connectivity index (χ1v) is 11.0. The van der Waals surface area contributed by atoms with Crippen LogP contribution < -0.4 is 14.8 Å². The van der Waals surface area contributed by atoms with Gasteiger partial charge in [-0.3, -0.25) is 9.52 Å². The van der Waals surface area contributed by atoms with Crippen LogP contribution in [0.15, 0.2) is 48.5 Å². The maximum Gasteiger partial charge on any atom is 0.248 e. The van der Waals surface area contributed by atoms with E-state index in [2.05, 4.69) is 42.9 Å². The normalized spacial score (nSPS) is 12.0. The average molecular weight is 417 g/mol. The third-order valence-electron chi connectivity index (χ3n) is 4.32. The molecule has 6 nitrogen and oxygen atoms in total. The van der Waals surface area contributed by atoms with Crippen LogP contribution in [-0.4, -0.2) is 27.2 Å². The van der Waals surface area contributed by atoms with Gasteiger partial charge in [0.05, 0.1) is 18.6 Å². The third kappa shape index (κ3) is 6.64. The topological polar surface area (TPSA) is 84.5 Å². The van der Waals surface area contributed by atoms with E-state index >= 15 is 0 Å². The minimum atomic E-state index is -3.42. The molecular formula is C22H28N2O4S. The Hall–Kier alpha value is -2.80. The Morgan fingerprint density at radius 2 is 1.76 bits per heavy atom. The summed E-state index contributed by atoms with van der Waals surface area (Å²) < 4.78 is 31.2. The quantitative estimate of drug-likeness (QED) is 0.655. The summed E-state index contributed by atoms with van der Waals surface area (Å²) >= 11 is 0. The van der Waals surface area contributed by atoms with Crippen molar-refractivity contribution in [1.82, 2.24) is 0 Å². The lowest BCUT2D eigenvalue weighted by molar-refractivity contribution is -0.111. The van der Waals surface area contributed by atoms with E-state index in [1.807, 2.05) is 12.1 Å². The van der Waals surface area contributed by atoms with Crippen molar-refractivity contribution >= 4 is 33.4 Å². The number of carbonyl (C=O) groups is 1. The van der Waals surface area contributed by atoms with Gasteiger partial charge >= 0.3 is 0 Å². The highest BCUT2D eigenvalue weighted by atomic mass is 32.2. The van der Waals surface area contributed by atoms with Crippen molar-refractivity contribution in [3.05, 3.63) is 59.7 Å². The number of methoxy groups -OCH3 is 1. The highest BCUT2D eigenvalue weighted by molar-refractivity contribution is 7.92. The molecule has 2 aromatic rings. The molecule has 0 spiro atoms. The zero-order valence-corrected chi connectivity index (χ0v) is 18.3. The molecule has 2 N–H and O–H groups in total. The van der Waals surface area contributed by atoms with E-state index in [0.717, 1.165) is 5.56 Å². The number of rotatable bonds is 7. The SMILES string of the molecule is CCS(=O)(=O)Nc1ccc(NC(=O)/C=C/c2ccc(C(C)(C)C)cc2)cc1OC. The molecule has 0 fully saturated rings. The van der Waals surface area contributed by atoms with Crippen molar-refractivity contribution in [2.75, 3.05) is 22.9 Å². The number of hydrogen-bond acceptors (Lipinski definition) is 4. The van der Waals surface area contributed by atoms with Crippen LogP contribution in [0.1, 0.15) is 38.8 Å². The van der Waals surface area contributed by atoms with Gasteiger partial charge < -0.3 is 10.1 Å². The van der Waals surface area contributed by atoms with E-state index in [1.54, 1.807) is 31.2 Å². The number of amides is 1. The molecule has 0 heterocycles. The predicted octanol–water partition coefficient (Wildman–Crippen LogP) is 4.41. The summed E-state index contributed by atoms with van der Waals surface area (Å²) in [7, 11) is -1.98. The fourth-order valence-electron chi connectivity index (χ4n) is 2.54. The van der Waals surface area contributed by atoms with Crippen molar-refractivity contribution in [2.24, 2.45) is 0 Å². The Kier molecular flexibility index (Phi) is 7.08. The lowest BCUT2D eigenvalue weighted by Gasteiger charge is -2.18. The van der Waals surface area contributed by atoms with E-state index in [9.17, 15) is 13.2 Å². The predicted molar refractivity (Wildman–Crippen MR) is 119 cm³/mol. The third-order valence-corrected chi connectivity index (χ3v) is 5.61. The molecule has 2 rings (SSSR count). The summed E-state index contributed by atoms with van der Waals surface area (Å²) in [6.45, 7) is 8.00. The van der Waals surface area contributed by atoms with Gasteiger partial charge in [0.15, 0.2) is 0 Å². The van der Waals surface area contributed by atoms with Crippen LogP contribution in [0.5, 0.6) is 5.75 Å². The summed E-state index contributed by atoms with van der Waals surface area (Å²) in [5.74, 6) is -0.0219. The monoisotopic (exact) mass is 416 g/mol. The van der Waals surface area contributed by atoms with Crippen LogP contribution in [-0.2, 0) is 20.2 Å². The number of benzene rings is 2. The smallest absolute Gasteiger partial charge is 0.248 e. The van der Waals surface area contributed by atoms with Gasteiger partial charge in [-0.15, -0.1) is 0 Å². The molecule has 29 heavy (non-hydrogen) atoms. The first-order valence-electron chi connectivity index (χ1n) is 9.32. The van der Waals surface area contributed by atoms with Gasteiger partial charge in [-0.1, -0.05) is 45.0 Å². The van der Waals surface area contributed by atoms with Crippen LogP contribution >= 0.6 is 0 Å². The van der Waals surface area contributed by atoms with E-state index < -0.39 is 10.0 Å². The summed E-state index contributed by atoms with van der Waals surface area (Å²) in [4.78, 5) is 12.2. The van der Waals surface area contributed by atoms with E-state index in [1.165, 1.54) is 18.7 Å². The Balaban J connectivity index is 2.07. The molecular weight excluding hydrogens is 388 g/mol. The van der Waals surface area contributed by atoms with Crippen LogP contribution in [0, 0.1) is 0 Å². The minimum Gasteiger partial charge on any atom is -0.494 e. The Morgan fingerprint density at radius 1 is 1.10 bits per heavy atom. The molecule has 0 atom stereocenters. The zero-order chi connectivity index (χ0) is 21.7. The molecule has 7 heteroatoms. The Labute approximate surface area is 173 Å². The molecule has 0 aromatic heterocycles. The molecule has 156 valence electrons. The first-order chi connectivity index (χ1) is 13.5. The van der Waals surface area contributed by atoms with Gasteiger partial charge in [-0.05, 0) is 41.7 Å². The Bertz CT molecular complexity index is 988. The van der Waals surface area contributed by atoms with E-state index in [-0.39, 0.29) is 17.1 Å². The largest absolute Gasteiger partial charge is 0.494 e. The summed E-state index contributed by atoms with van der Waals surface area (Å²) in [6.07, 6.45) is 3.19. The molecule has 0 bridgehead atoms. The molecule has 2 aromatic carbocycles. The van der Waals surface area contributed by atoms with E-state index in [0.29, 0.717) is 17.1 Å². The molecule has 1 amide bonds. The summed E-state index contributed by atoms with van der Waals surface area (Å²) in [5, 5.41) is 2.74. The maximum absolute atomic E-state index is 12.2. The van der Waals surface area contributed by atoms with Gasteiger partial charge in [-0.25, -0.2) is 8.42 Å². The first kappa shape index (κ1) is 22.5. The van der Waals surface area contributed by atoms with Crippen LogP contribution in [0.4, 0.5) is 11.4 Å². The average Bonchev–Trinajstić information content (AvgIpc) is 2.67.